The summed E-state index contributed by atoms with van der Waals surface area (Å²) in [6, 6.07) is 11.2. The number of furan rings is 1. The van der Waals surface area contributed by atoms with Crippen molar-refractivity contribution in [3.8, 4) is 5.75 Å². The molecule has 0 fully saturated rings. The van der Waals surface area contributed by atoms with Crippen LogP contribution in [0.2, 0.25) is 0 Å². The molecule has 2 aromatic heterocycles. The summed E-state index contributed by atoms with van der Waals surface area (Å²) < 4.78 is 10.6. The van der Waals surface area contributed by atoms with Crippen LogP contribution in [0.25, 0.3) is 10.9 Å². The predicted molar refractivity (Wildman–Crippen MR) is 101 cm³/mol. The zero-order valence-electron chi connectivity index (χ0n) is 14.0. The van der Waals surface area contributed by atoms with Crippen molar-refractivity contribution < 1.29 is 9.15 Å². The number of aromatic nitrogens is 1. The quantitative estimate of drug-likeness (QED) is 0.684. The Hall–Kier alpha value is -2.80. The minimum absolute atomic E-state index is 0.149. The predicted octanol–water partition coefficient (Wildman–Crippen LogP) is 2.64. The Morgan fingerprint density at radius 3 is 2.84 bits per heavy atom. The number of nitrogens with one attached hydrogen (secondary N) is 2. The van der Waals surface area contributed by atoms with E-state index in [2.05, 4.69) is 10.3 Å². The SMILES string of the molecule is CNC(=S)N(Cc1ccco1)Cc1cc2ccc(OC)cc2[nH]c1=O. The van der Waals surface area contributed by atoms with Crippen LogP contribution in [0.3, 0.4) is 0 Å². The van der Waals surface area contributed by atoms with Gasteiger partial charge in [-0.25, -0.2) is 0 Å². The van der Waals surface area contributed by atoms with E-state index in [0.29, 0.717) is 29.5 Å². The molecule has 0 aliphatic heterocycles. The van der Waals surface area contributed by atoms with E-state index in [1.165, 1.54) is 0 Å². The van der Waals surface area contributed by atoms with Crippen molar-refractivity contribution in [3.63, 3.8) is 0 Å². The summed E-state index contributed by atoms with van der Waals surface area (Å²) >= 11 is 5.37. The molecule has 0 bridgehead atoms. The Bertz CT molecular complexity index is 934. The number of nitrogens with zero attached hydrogens (tertiary/aromatic N) is 1. The van der Waals surface area contributed by atoms with Gasteiger partial charge in [0.15, 0.2) is 5.11 Å². The first-order valence-corrected chi connectivity index (χ1v) is 8.20. The Kier molecular flexibility index (Phi) is 5.04. The number of benzene rings is 1. The van der Waals surface area contributed by atoms with Crippen LogP contribution in [0, 0.1) is 0 Å². The van der Waals surface area contributed by atoms with Crippen LogP contribution in [0.15, 0.2) is 51.9 Å². The number of pyridine rings is 1. The van der Waals surface area contributed by atoms with Gasteiger partial charge in [0.05, 0.1) is 32.0 Å². The zero-order chi connectivity index (χ0) is 17.8. The van der Waals surface area contributed by atoms with Crippen molar-refractivity contribution >= 4 is 28.2 Å². The lowest BCUT2D eigenvalue weighted by Crippen LogP contribution is -2.38. The van der Waals surface area contributed by atoms with E-state index in [1.54, 1.807) is 26.5 Å². The van der Waals surface area contributed by atoms with Crippen LogP contribution in [0.4, 0.5) is 0 Å². The highest BCUT2D eigenvalue weighted by Gasteiger charge is 2.14. The fourth-order valence-electron chi connectivity index (χ4n) is 2.62. The maximum atomic E-state index is 12.5. The van der Waals surface area contributed by atoms with E-state index in [-0.39, 0.29) is 5.56 Å². The highest BCUT2D eigenvalue weighted by Crippen LogP contribution is 2.19. The Balaban J connectivity index is 1.92. The number of rotatable bonds is 5. The average Bonchev–Trinajstić information content (AvgIpc) is 3.13. The number of methoxy groups -OCH3 is 1. The highest BCUT2D eigenvalue weighted by molar-refractivity contribution is 7.80. The number of ether oxygens (including phenoxy) is 1. The first-order chi connectivity index (χ1) is 12.1. The smallest absolute Gasteiger partial charge is 0.253 e. The van der Waals surface area contributed by atoms with Crippen LogP contribution >= 0.6 is 12.2 Å². The number of aromatic amines is 1. The molecule has 3 aromatic rings. The van der Waals surface area contributed by atoms with Crippen molar-refractivity contribution in [1.29, 1.82) is 0 Å². The molecule has 0 atom stereocenters. The minimum atomic E-state index is -0.149. The van der Waals surface area contributed by atoms with Gasteiger partial charge in [0.1, 0.15) is 11.5 Å². The molecule has 130 valence electrons. The Morgan fingerprint density at radius 2 is 2.16 bits per heavy atom. The third kappa shape index (κ3) is 3.83. The third-order valence-corrected chi connectivity index (χ3v) is 4.38. The van der Waals surface area contributed by atoms with Crippen molar-refractivity contribution in [2.75, 3.05) is 14.2 Å². The van der Waals surface area contributed by atoms with Gasteiger partial charge in [0.25, 0.3) is 5.56 Å². The maximum Gasteiger partial charge on any atom is 0.253 e. The molecule has 3 rings (SSSR count). The van der Waals surface area contributed by atoms with Gasteiger partial charge in [0, 0.05) is 18.7 Å². The van der Waals surface area contributed by atoms with Crippen molar-refractivity contribution in [2.24, 2.45) is 0 Å². The van der Waals surface area contributed by atoms with Crippen LogP contribution in [0.5, 0.6) is 5.75 Å². The van der Waals surface area contributed by atoms with Gasteiger partial charge in [0.2, 0.25) is 0 Å². The topological polar surface area (TPSA) is 70.5 Å². The molecule has 2 heterocycles. The van der Waals surface area contributed by atoms with Crippen molar-refractivity contribution in [1.82, 2.24) is 15.2 Å². The van der Waals surface area contributed by atoms with Crippen LogP contribution in [-0.4, -0.2) is 29.2 Å². The molecule has 0 aliphatic rings. The number of hydrogen-bond donors (Lipinski definition) is 2. The fraction of sp³-hybridized carbons (Fsp3) is 0.222. The maximum absolute atomic E-state index is 12.5. The van der Waals surface area contributed by atoms with E-state index >= 15 is 0 Å². The fourth-order valence-corrected chi connectivity index (χ4v) is 2.75. The largest absolute Gasteiger partial charge is 0.497 e. The number of thiocarbonyl (C=S) groups is 1. The summed E-state index contributed by atoms with van der Waals surface area (Å²) in [4.78, 5) is 17.3. The Morgan fingerprint density at radius 1 is 1.32 bits per heavy atom. The molecule has 2 N–H and O–H groups in total. The molecule has 1 aromatic carbocycles. The first kappa shape index (κ1) is 17.0. The third-order valence-electron chi connectivity index (χ3n) is 3.92. The van der Waals surface area contributed by atoms with Crippen LogP contribution < -0.4 is 15.6 Å². The summed E-state index contributed by atoms with van der Waals surface area (Å²) in [5.74, 6) is 1.48. The lowest BCUT2D eigenvalue weighted by Gasteiger charge is -2.23. The summed E-state index contributed by atoms with van der Waals surface area (Å²) in [5, 5.41) is 4.44. The molecule has 0 aliphatic carbocycles. The van der Waals surface area contributed by atoms with E-state index in [1.807, 2.05) is 35.2 Å². The molecular weight excluding hydrogens is 338 g/mol. The summed E-state index contributed by atoms with van der Waals surface area (Å²) in [7, 11) is 3.35. The molecule has 0 amide bonds. The van der Waals surface area contributed by atoms with Gasteiger partial charge in [-0.2, -0.15) is 0 Å². The lowest BCUT2D eigenvalue weighted by molar-refractivity contribution is 0.352. The van der Waals surface area contributed by atoms with Gasteiger partial charge in [-0.3, -0.25) is 4.79 Å². The minimum Gasteiger partial charge on any atom is -0.497 e. The molecular formula is C18H19N3O3S. The zero-order valence-corrected chi connectivity index (χ0v) is 14.9. The normalized spacial score (nSPS) is 10.6. The van der Waals surface area contributed by atoms with Crippen LogP contribution in [-0.2, 0) is 13.1 Å². The average molecular weight is 357 g/mol. The van der Waals surface area contributed by atoms with Crippen molar-refractivity contribution in [2.45, 2.75) is 13.1 Å². The second kappa shape index (κ2) is 7.40. The summed E-state index contributed by atoms with van der Waals surface area (Å²) in [6.07, 6.45) is 1.62. The van der Waals surface area contributed by atoms with E-state index in [9.17, 15) is 4.79 Å². The molecule has 25 heavy (non-hydrogen) atoms. The standard InChI is InChI=1S/C18H19N3O3S/c1-19-18(25)21(11-15-4-3-7-24-15)10-13-8-12-5-6-14(23-2)9-16(12)20-17(13)22/h3-9H,10-11H2,1-2H3,(H,19,25)(H,20,22). The van der Waals surface area contributed by atoms with Gasteiger partial charge in [-0.15, -0.1) is 0 Å². The van der Waals surface area contributed by atoms with Crippen molar-refractivity contribution in [3.05, 3.63) is 64.3 Å². The van der Waals surface area contributed by atoms with Gasteiger partial charge >= 0.3 is 0 Å². The van der Waals surface area contributed by atoms with Gasteiger partial charge in [-0.05, 0) is 47.9 Å². The van der Waals surface area contributed by atoms with E-state index in [4.69, 9.17) is 21.4 Å². The molecule has 0 saturated heterocycles. The molecule has 0 spiro atoms. The second-order valence-electron chi connectivity index (χ2n) is 5.57. The number of hydrogen-bond acceptors (Lipinski definition) is 4. The first-order valence-electron chi connectivity index (χ1n) is 7.79. The number of H-pyrrole nitrogens is 1. The Labute approximate surface area is 150 Å². The molecule has 7 heteroatoms. The van der Waals surface area contributed by atoms with Crippen LogP contribution in [0.1, 0.15) is 11.3 Å². The molecule has 0 saturated carbocycles. The lowest BCUT2D eigenvalue weighted by atomic mass is 10.1. The molecule has 0 unspecified atom stereocenters. The van der Waals surface area contributed by atoms with Gasteiger partial charge < -0.3 is 24.4 Å². The highest BCUT2D eigenvalue weighted by atomic mass is 32.1. The second-order valence-corrected chi connectivity index (χ2v) is 5.95. The van der Waals surface area contributed by atoms with E-state index in [0.717, 1.165) is 16.7 Å². The monoisotopic (exact) mass is 357 g/mol. The molecule has 6 nitrogen and oxygen atoms in total. The molecule has 0 radical (unpaired) electrons. The summed E-state index contributed by atoms with van der Waals surface area (Å²) in [6.45, 7) is 0.852. The van der Waals surface area contributed by atoms with Gasteiger partial charge in [-0.1, -0.05) is 0 Å². The summed E-state index contributed by atoms with van der Waals surface area (Å²) in [5.41, 5.74) is 1.22. The number of fused-ring (bicyclic) bond motifs is 1. The van der Waals surface area contributed by atoms with E-state index < -0.39 is 0 Å².